The van der Waals surface area contributed by atoms with Gasteiger partial charge >= 0.3 is 6.09 Å². The Morgan fingerprint density at radius 3 is 2.69 bits per heavy atom. The van der Waals surface area contributed by atoms with E-state index >= 15 is 0 Å². The number of hydrogen-bond acceptors (Lipinski definition) is 5. The van der Waals surface area contributed by atoms with Crippen LogP contribution in [0.1, 0.15) is 30.1 Å². The standard InChI is InChI=1S/C21H18Cl2N4O2/c1-13(15-7-8-16(22)17(23)11-15)25-20-24-10-9-19(26-20)27-18(12-29-21(27)28)14-5-3-2-4-6-14/h2-11,13,18H,12H2,1H3,(H,24,25,26)/t13-,18?/m1/s1. The van der Waals surface area contributed by atoms with Gasteiger partial charge in [-0.05, 0) is 36.2 Å². The normalized spacial score (nSPS) is 17.1. The van der Waals surface area contributed by atoms with Gasteiger partial charge < -0.3 is 10.1 Å². The third-order valence-corrected chi connectivity index (χ3v) is 5.47. The minimum Gasteiger partial charge on any atom is -0.447 e. The molecule has 0 bridgehead atoms. The van der Waals surface area contributed by atoms with Gasteiger partial charge in [-0.1, -0.05) is 59.6 Å². The third-order valence-electron chi connectivity index (χ3n) is 4.73. The Hall–Kier alpha value is -2.83. The molecule has 1 aliphatic rings. The van der Waals surface area contributed by atoms with E-state index in [1.807, 2.05) is 43.3 Å². The van der Waals surface area contributed by atoms with Crippen molar-refractivity contribution >= 4 is 41.1 Å². The molecule has 0 aliphatic carbocycles. The second-order valence-electron chi connectivity index (χ2n) is 6.65. The number of rotatable bonds is 5. The molecule has 1 N–H and O–H groups in total. The Labute approximate surface area is 178 Å². The Morgan fingerprint density at radius 2 is 1.93 bits per heavy atom. The molecule has 2 heterocycles. The Balaban J connectivity index is 1.57. The first-order valence-corrected chi connectivity index (χ1v) is 9.84. The van der Waals surface area contributed by atoms with Crippen LogP contribution < -0.4 is 10.2 Å². The minimum absolute atomic E-state index is 0.115. The first kappa shape index (κ1) is 19.5. The Bertz CT molecular complexity index is 1030. The van der Waals surface area contributed by atoms with Crippen LogP contribution in [0.3, 0.4) is 0 Å². The topological polar surface area (TPSA) is 67.4 Å². The number of ether oxygens (including phenoxy) is 1. The number of halogens is 2. The Kier molecular flexibility index (Phi) is 5.56. The number of carbonyl (C=O) groups excluding carboxylic acids is 1. The number of anilines is 2. The molecule has 148 valence electrons. The third kappa shape index (κ3) is 4.13. The van der Waals surface area contributed by atoms with Crippen LogP contribution in [-0.2, 0) is 4.74 Å². The molecule has 0 spiro atoms. The van der Waals surface area contributed by atoms with Crippen molar-refractivity contribution in [1.29, 1.82) is 0 Å². The van der Waals surface area contributed by atoms with Gasteiger partial charge in [0, 0.05) is 6.20 Å². The zero-order valence-corrected chi connectivity index (χ0v) is 17.1. The number of carbonyl (C=O) groups is 1. The van der Waals surface area contributed by atoms with E-state index in [1.165, 1.54) is 0 Å². The predicted molar refractivity (Wildman–Crippen MR) is 114 cm³/mol. The molecule has 1 fully saturated rings. The van der Waals surface area contributed by atoms with Crippen LogP contribution in [0.4, 0.5) is 16.6 Å². The number of hydrogen-bond donors (Lipinski definition) is 1. The molecule has 1 aromatic heterocycles. The molecule has 0 radical (unpaired) electrons. The highest BCUT2D eigenvalue weighted by Crippen LogP contribution is 2.32. The second kappa shape index (κ2) is 8.27. The molecule has 6 nitrogen and oxygen atoms in total. The molecule has 29 heavy (non-hydrogen) atoms. The van der Waals surface area contributed by atoms with Crippen LogP contribution in [0.15, 0.2) is 60.8 Å². The molecule has 2 aromatic carbocycles. The average molecular weight is 429 g/mol. The van der Waals surface area contributed by atoms with Gasteiger partial charge in [0.05, 0.1) is 16.1 Å². The number of cyclic esters (lactones) is 1. The minimum atomic E-state index is -0.430. The van der Waals surface area contributed by atoms with E-state index in [2.05, 4.69) is 15.3 Å². The summed E-state index contributed by atoms with van der Waals surface area (Å²) in [5.41, 5.74) is 1.92. The van der Waals surface area contributed by atoms with Crippen LogP contribution >= 0.6 is 23.2 Å². The van der Waals surface area contributed by atoms with Crippen LogP contribution in [0.5, 0.6) is 0 Å². The molecule has 1 saturated heterocycles. The molecule has 0 saturated carbocycles. The maximum absolute atomic E-state index is 12.4. The number of benzene rings is 2. The number of aromatic nitrogens is 2. The molecule has 1 unspecified atom stereocenters. The highest BCUT2D eigenvalue weighted by molar-refractivity contribution is 6.42. The summed E-state index contributed by atoms with van der Waals surface area (Å²) < 4.78 is 5.28. The predicted octanol–water partition coefficient (Wildman–Crippen LogP) is 5.65. The molecule has 1 aliphatic heterocycles. The van der Waals surface area contributed by atoms with Crippen LogP contribution in [0.2, 0.25) is 10.0 Å². The van der Waals surface area contributed by atoms with Crippen LogP contribution in [-0.4, -0.2) is 22.7 Å². The average Bonchev–Trinajstić information content (AvgIpc) is 3.12. The monoisotopic (exact) mass is 428 g/mol. The van der Waals surface area contributed by atoms with E-state index in [-0.39, 0.29) is 18.7 Å². The summed E-state index contributed by atoms with van der Waals surface area (Å²) in [6.07, 6.45) is 1.18. The highest BCUT2D eigenvalue weighted by atomic mass is 35.5. The zero-order chi connectivity index (χ0) is 20.4. The largest absolute Gasteiger partial charge is 0.447 e. The fraction of sp³-hybridized carbons (Fsp3) is 0.190. The van der Waals surface area contributed by atoms with E-state index in [4.69, 9.17) is 27.9 Å². The van der Waals surface area contributed by atoms with Crippen molar-refractivity contribution < 1.29 is 9.53 Å². The molecule has 3 aromatic rings. The van der Waals surface area contributed by atoms with Gasteiger partial charge in [-0.25, -0.2) is 9.78 Å². The SMILES string of the molecule is C[C@@H](Nc1nccc(N2C(=O)OCC2c2ccccc2)n1)c1ccc(Cl)c(Cl)c1. The van der Waals surface area contributed by atoms with Crippen molar-refractivity contribution in [2.75, 3.05) is 16.8 Å². The maximum atomic E-state index is 12.4. The van der Waals surface area contributed by atoms with Crippen molar-refractivity contribution in [3.8, 4) is 0 Å². The lowest BCUT2D eigenvalue weighted by Crippen LogP contribution is -2.28. The fourth-order valence-corrected chi connectivity index (χ4v) is 3.51. The van der Waals surface area contributed by atoms with Gasteiger partial charge in [-0.15, -0.1) is 0 Å². The van der Waals surface area contributed by atoms with E-state index in [9.17, 15) is 4.79 Å². The lowest BCUT2D eigenvalue weighted by atomic mass is 10.1. The maximum Gasteiger partial charge on any atom is 0.416 e. The van der Waals surface area contributed by atoms with E-state index in [0.717, 1.165) is 11.1 Å². The van der Waals surface area contributed by atoms with Crippen LogP contribution in [0, 0.1) is 0 Å². The van der Waals surface area contributed by atoms with Gasteiger partial charge in [0.15, 0.2) is 0 Å². The molecule has 8 heteroatoms. The zero-order valence-electron chi connectivity index (χ0n) is 15.5. The van der Waals surface area contributed by atoms with Gasteiger partial charge in [0.25, 0.3) is 0 Å². The summed E-state index contributed by atoms with van der Waals surface area (Å²) in [4.78, 5) is 22.7. The van der Waals surface area contributed by atoms with Crippen molar-refractivity contribution in [3.63, 3.8) is 0 Å². The van der Waals surface area contributed by atoms with E-state index < -0.39 is 6.09 Å². The van der Waals surface area contributed by atoms with E-state index in [0.29, 0.717) is 21.8 Å². The van der Waals surface area contributed by atoms with Crippen molar-refractivity contribution in [2.45, 2.75) is 19.0 Å². The quantitative estimate of drug-likeness (QED) is 0.567. The van der Waals surface area contributed by atoms with Crippen LogP contribution in [0.25, 0.3) is 0 Å². The molecular weight excluding hydrogens is 411 g/mol. The van der Waals surface area contributed by atoms with Gasteiger partial charge in [0.1, 0.15) is 18.5 Å². The summed E-state index contributed by atoms with van der Waals surface area (Å²) >= 11 is 12.1. The van der Waals surface area contributed by atoms with Gasteiger partial charge in [0.2, 0.25) is 5.95 Å². The summed E-state index contributed by atoms with van der Waals surface area (Å²) in [7, 11) is 0. The van der Waals surface area contributed by atoms with Crippen molar-refractivity contribution in [3.05, 3.63) is 82.0 Å². The lowest BCUT2D eigenvalue weighted by Gasteiger charge is -2.21. The summed E-state index contributed by atoms with van der Waals surface area (Å²) in [6, 6.07) is 16.5. The number of nitrogens with one attached hydrogen (secondary N) is 1. The smallest absolute Gasteiger partial charge is 0.416 e. The first-order valence-electron chi connectivity index (χ1n) is 9.08. The van der Waals surface area contributed by atoms with Crippen molar-refractivity contribution in [1.82, 2.24) is 9.97 Å². The fourth-order valence-electron chi connectivity index (χ4n) is 3.21. The van der Waals surface area contributed by atoms with E-state index in [1.54, 1.807) is 29.3 Å². The summed E-state index contributed by atoms with van der Waals surface area (Å²) in [5, 5.41) is 4.22. The highest BCUT2D eigenvalue weighted by Gasteiger charge is 2.36. The first-order chi connectivity index (χ1) is 14.0. The van der Waals surface area contributed by atoms with Crippen molar-refractivity contribution in [2.24, 2.45) is 0 Å². The lowest BCUT2D eigenvalue weighted by molar-refractivity contribution is 0.179. The summed E-state index contributed by atoms with van der Waals surface area (Å²) in [5.74, 6) is 0.868. The molecular formula is C21H18Cl2N4O2. The second-order valence-corrected chi connectivity index (χ2v) is 7.47. The van der Waals surface area contributed by atoms with Gasteiger partial charge in [-0.2, -0.15) is 4.98 Å². The molecule has 2 atom stereocenters. The molecule has 1 amide bonds. The number of nitrogens with zero attached hydrogens (tertiary/aromatic N) is 3. The number of amides is 1. The molecule has 4 rings (SSSR count). The Morgan fingerprint density at radius 1 is 1.14 bits per heavy atom. The summed E-state index contributed by atoms with van der Waals surface area (Å²) in [6.45, 7) is 2.24. The van der Waals surface area contributed by atoms with Gasteiger partial charge in [-0.3, -0.25) is 4.90 Å².